The minimum atomic E-state index is -3.64. The van der Waals surface area contributed by atoms with Crippen LogP contribution in [-0.4, -0.2) is 50.0 Å². The Labute approximate surface area is 253 Å². The number of nitrogens with one attached hydrogen (secondary N) is 1. The van der Waals surface area contributed by atoms with Crippen molar-refractivity contribution in [1.82, 2.24) is 10.2 Å². The van der Waals surface area contributed by atoms with E-state index in [1.54, 1.807) is 43.3 Å². The van der Waals surface area contributed by atoms with E-state index in [0.717, 1.165) is 31.9 Å². The third-order valence-corrected chi connectivity index (χ3v) is 9.69. The zero-order valence-corrected chi connectivity index (χ0v) is 26.3. The van der Waals surface area contributed by atoms with E-state index in [0.29, 0.717) is 38.3 Å². The summed E-state index contributed by atoms with van der Waals surface area (Å²) in [5.74, 6) is -0.476. The fourth-order valence-electron chi connectivity index (χ4n) is 5.17. The van der Waals surface area contributed by atoms with E-state index in [-0.39, 0.29) is 43.8 Å². The summed E-state index contributed by atoms with van der Waals surface area (Å²) in [6, 6.07) is 9.59. The van der Waals surface area contributed by atoms with Crippen molar-refractivity contribution in [2.24, 2.45) is 0 Å². The summed E-state index contributed by atoms with van der Waals surface area (Å²) in [7, 11) is -3.64. The molecular formula is C29H38Cl3N3O4S. The van der Waals surface area contributed by atoms with Gasteiger partial charge in [-0.15, -0.1) is 0 Å². The molecule has 0 spiro atoms. The highest BCUT2D eigenvalue weighted by molar-refractivity contribution is 7.92. The molecule has 0 bridgehead atoms. The van der Waals surface area contributed by atoms with Crippen molar-refractivity contribution in [3.8, 4) is 0 Å². The SMILES string of the molecule is CC[C@H](C(=O)NC1CCCCC1)N(Cc1c(Cl)cccc1Cl)C(=O)CCCN(c1cccc(Cl)c1C)S(C)(=O)=O. The molecule has 1 saturated carbocycles. The van der Waals surface area contributed by atoms with E-state index in [2.05, 4.69) is 5.32 Å². The maximum absolute atomic E-state index is 13.7. The van der Waals surface area contributed by atoms with E-state index in [1.807, 2.05) is 6.92 Å². The molecule has 11 heteroatoms. The van der Waals surface area contributed by atoms with Crippen LogP contribution >= 0.6 is 34.8 Å². The molecular weight excluding hydrogens is 593 g/mol. The van der Waals surface area contributed by atoms with Gasteiger partial charge < -0.3 is 10.2 Å². The van der Waals surface area contributed by atoms with Crippen LogP contribution < -0.4 is 9.62 Å². The number of hydrogen-bond donors (Lipinski definition) is 1. The normalized spacial score (nSPS) is 14.9. The molecule has 2 amide bonds. The number of nitrogens with zero attached hydrogens (tertiary/aromatic N) is 2. The summed E-state index contributed by atoms with van der Waals surface area (Å²) >= 11 is 19.1. The third-order valence-electron chi connectivity index (χ3n) is 7.39. The van der Waals surface area contributed by atoms with Crippen LogP contribution in [0.25, 0.3) is 0 Å². The number of carbonyl (C=O) groups excluding carboxylic acids is 2. The molecule has 1 aliphatic rings. The van der Waals surface area contributed by atoms with E-state index in [1.165, 1.54) is 15.6 Å². The van der Waals surface area contributed by atoms with Crippen LogP contribution in [0.1, 0.15) is 69.4 Å². The van der Waals surface area contributed by atoms with Gasteiger partial charge in [0.15, 0.2) is 0 Å². The van der Waals surface area contributed by atoms with Gasteiger partial charge in [-0.2, -0.15) is 0 Å². The molecule has 3 rings (SSSR count). The number of halogens is 3. The summed E-state index contributed by atoms with van der Waals surface area (Å²) in [5, 5.41) is 4.43. The summed E-state index contributed by atoms with van der Waals surface area (Å²) in [6.45, 7) is 3.77. The highest BCUT2D eigenvalue weighted by Gasteiger charge is 2.31. The molecule has 7 nitrogen and oxygen atoms in total. The lowest BCUT2D eigenvalue weighted by atomic mass is 9.95. The second-order valence-electron chi connectivity index (χ2n) is 10.3. The van der Waals surface area contributed by atoms with Gasteiger partial charge in [0.05, 0.1) is 11.9 Å². The lowest BCUT2D eigenvalue weighted by Gasteiger charge is -2.33. The molecule has 0 saturated heterocycles. The van der Waals surface area contributed by atoms with Crippen molar-refractivity contribution >= 4 is 62.3 Å². The average molecular weight is 631 g/mol. The van der Waals surface area contributed by atoms with Crippen LogP contribution in [0, 0.1) is 6.92 Å². The van der Waals surface area contributed by atoms with Crippen molar-refractivity contribution in [3.05, 3.63) is 62.6 Å². The van der Waals surface area contributed by atoms with Gasteiger partial charge in [-0.25, -0.2) is 8.42 Å². The highest BCUT2D eigenvalue weighted by atomic mass is 35.5. The van der Waals surface area contributed by atoms with Crippen LogP contribution in [0.2, 0.25) is 15.1 Å². The molecule has 40 heavy (non-hydrogen) atoms. The summed E-state index contributed by atoms with van der Waals surface area (Å²) < 4.78 is 26.6. The van der Waals surface area contributed by atoms with Crippen molar-refractivity contribution in [1.29, 1.82) is 0 Å². The fourth-order valence-corrected chi connectivity index (χ4v) is 6.87. The van der Waals surface area contributed by atoms with Crippen LogP contribution in [-0.2, 0) is 26.2 Å². The number of benzene rings is 2. The first-order valence-electron chi connectivity index (χ1n) is 13.7. The lowest BCUT2D eigenvalue weighted by molar-refractivity contribution is -0.141. The Bertz CT molecular complexity index is 1280. The van der Waals surface area contributed by atoms with E-state index in [9.17, 15) is 18.0 Å². The van der Waals surface area contributed by atoms with Gasteiger partial charge in [0, 0.05) is 46.2 Å². The van der Waals surface area contributed by atoms with Crippen molar-refractivity contribution in [3.63, 3.8) is 0 Å². The molecule has 0 aliphatic heterocycles. The Morgan fingerprint density at radius 3 is 2.20 bits per heavy atom. The van der Waals surface area contributed by atoms with E-state index in [4.69, 9.17) is 34.8 Å². The Morgan fingerprint density at radius 2 is 1.60 bits per heavy atom. The van der Waals surface area contributed by atoms with Crippen LogP contribution in [0.15, 0.2) is 36.4 Å². The van der Waals surface area contributed by atoms with Crippen LogP contribution in [0.5, 0.6) is 0 Å². The molecule has 1 aliphatic carbocycles. The van der Waals surface area contributed by atoms with Gasteiger partial charge in [-0.1, -0.05) is 73.1 Å². The zero-order chi connectivity index (χ0) is 29.4. The number of anilines is 1. The second-order valence-corrected chi connectivity index (χ2v) is 13.4. The lowest BCUT2D eigenvalue weighted by Crippen LogP contribution is -2.51. The van der Waals surface area contributed by atoms with Crippen LogP contribution in [0.4, 0.5) is 5.69 Å². The minimum Gasteiger partial charge on any atom is -0.352 e. The number of amides is 2. The van der Waals surface area contributed by atoms with Gasteiger partial charge in [0.25, 0.3) is 0 Å². The molecule has 0 aromatic heterocycles. The fraction of sp³-hybridized carbons (Fsp3) is 0.517. The van der Waals surface area contributed by atoms with Gasteiger partial charge in [-0.05, 0) is 62.4 Å². The number of sulfonamides is 1. The van der Waals surface area contributed by atoms with Crippen molar-refractivity contribution < 1.29 is 18.0 Å². The van der Waals surface area contributed by atoms with E-state index < -0.39 is 16.1 Å². The number of rotatable bonds is 12. The Morgan fingerprint density at radius 1 is 1.00 bits per heavy atom. The molecule has 0 unspecified atom stereocenters. The number of carbonyl (C=O) groups is 2. The standard InChI is InChI=1S/C29H38Cl3N3O4S/c1-4-26(29(37)33-21-11-6-5-7-12-21)34(19-22-24(31)14-8-15-25(22)32)28(36)17-10-18-35(40(3,38)39)27-16-9-13-23(30)20(27)2/h8-9,13-16,21,26H,4-7,10-12,17-19H2,1-3H3,(H,33,37)/t26-/m1/s1. The number of hydrogen-bond acceptors (Lipinski definition) is 4. The van der Waals surface area contributed by atoms with Gasteiger partial charge >= 0.3 is 0 Å². The topological polar surface area (TPSA) is 86.8 Å². The summed E-state index contributed by atoms with van der Waals surface area (Å²) in [5.41, 5.74) is 1.68. The molecule has 1 N–H and O–H groups in total. The third kappa shape index (κ3) is 8.51. The molecule has 1 atom stereocenters. The predicted octanol–water partition coefficient (Wildman–Crippen LogP) is 6.76. The predicted molar refractivity (Wildman–Crippen MR) is 164 cm³/mol. The van der Waals surface area contributed by atoms with Gasteiger partial charge in [0.2, 0.25) is 21.8 Å². The average Bonchev–Trinajstić information content (AvgIpc) is 2.90. The Balaban J connectivity index is 1.82. The van der Waals surface area contributed by atoms with Crippen LogP contribution in [0.3, 0.4) is 0 Å². The second kappa shape index (κ2) is 14.8. The minimum absolute atomic E-state index is 0.0287. The molecule has 2 aromatic carbocycles. The Kier molecular flexibility index (Phi) is 12.0. The van der Waals surface area contributed by atoms with Crippen molar-refractivity contribution in [2.75, 3.05) is 17.1 Å². The quantitative estimate of drug-likeness (QED) is 0.281. The highest BCUT2D eigenvalue weighted by Crippen LogP contribution is 2.30. The molecule has 0 radical (unpaired) electrons. The maximum atomic E-state index is 13.7. The molecule has 220 valence electrons. The zero-order valence-electron chi connectivity index (χ0n) is 23.3. The van der Waals surface area contributed by atoms with Crippen molar-refractivity contribution in [2.45, 2.75) is 83.8 Å². The maximum Gasteiger partial charge on any atom is 0.243 e. The largest absolute Gasteiger partial charge is 0.352 e. The Hall–Kier alpha value is -2.00. The first-order valence-corrected chi connectivity index (χ1v) is 16.7. The first-order chi connectivity index (χ1) is 18.9. The van der Waals surface area contributed by atoms with Gasteiger partial charge in [-0.3, -0.25) is 13.9 Å². The smallest absolute Gasteiger partial charge is 0.243 e. The summed E-state index contributed by atoms with van der Waals surface area (Å²) in [6.07, 6.45) is 6.97. The molecule has 0 heterocycles. The molecule has 2 aromatic rings. The van der Waals surface area contributed by atoms with Gasteiger partial charge in [0.1, 0.15) is 6.04 Å². The van der Waals surface area contributed by atoms with E-state index >= 15 is 0 Å². The molecule has 1 fully saturated rings. The first kappa shape index (κ1) is 32.5. The summed E-state index contributed by atoms with van der Waals surface area (Å²) in [4.78, 5) is 28.7. The monoisotopic (exact) mass is 629 g/mol.